The van der Waals surface area contributed by atoms with Gasteiger partial charge in [-0.2, -0.15) is 4.31 Å². The summed E-state index contributed by atoms with van der Waals surface area (Å²) in [6.45, 7) is 1.92. The molecule has 1 aliphatic carbocycles. The van der Waals surface area contributed by atoms with Crippen molar-refractivity contribution in [1.82, 2.24) is 4.31 Å². The zero-order valence-electron chi connectivity index (χ0n) is 10.1. The van der Waals surface area contributed by atoms with Crippen LogP contribution in [0.5, 0.6) is 0 Å². The van der Waals surface area contributed by atoms with Gasteiger partial charge in [-0.15, -0.1) is 0 Å². The molecule has 0 atom stereocenters. The Morgan fingerprint density at radius 3 is 2.61 bits per heavy atom. The molecule has 0 unspecified atom stereocenters. The summed E-state index contributed by atoms with van der Waals surface area (Å²) in [5, 5.41) is 9.01. The molecule has 1 aromatic rings. The minimum atomic E-state index is -3.50. The molecule has 1 aliphatic rings. The molecule has 6 heteroatoms. The van der Waals surface area contributed by atoms with Crippen LogP contribution in [0.3, 0.4) is 0 Å². The van der Waals surface area contributed by atoms with Crippen molar-refractivity contribution >= 4 is 26.0 Å². The number of sulfonamides is 1. The maximum Gasteiger partial charge on any atom is 0.243 e. The van der Waals surface area contributed by atoms with Crippen LogP contribution in [0.2, 0.25) is 0 Å². The van der Waals surface area contributed by atoms with Crippen LogP contribution in [-0.4, -0.2) is 37.0 Å². The minimum Gasteiger partial charge on any atom is -0.395 e. The minimum absolute atomic E-state index is 0.0576. The summed E-state index contributed by atoms with van der Waals surface area (Å²) in [6, 6.07) is 5.07. The van der Waals surface area contributed by atoms with Gasteiger partial charge in [-0.1, -0.05) is 22.0 Å². The van der Waals surface area contributed by atoms with Crippen LogP contribution >= 0.6 is 15.9 Å². The molecule has 1 N–H and O–H groups in total. The Labute approximate surface area is 116 Å². The molecule has 0 spiro atoms. The molecule has 2 rings (SSSR count). The molecule has 0 heterocycles. The Balaban J connectivity index is 2.36. The quantitative estimate of drug-likeness (QED) is 0.895. The molecule has 0 bridgehead atoms. The van der Waals surface area contributed by atoms with Crippen molar-refractivity contribution in [3.8, 4) is 0 Å². The number of hydrogen-bond acceptors (Lipinski definition) is 3. The SMILES string of the molecule is Cc1ccc(S(=O)(=O)N(CCO)C2CC2)cc1Br. The summed E-state index contributed by atoms with van der Waals surface area (Å²) in [4.78, 5) is 0.278. The van der Waals surface area contributed by atoms with E-state index in [1.54, 1.807) is 18.2 Å². The van der Waals surface area contributed by atoms with E-state index in [-0.39, 0.29) is 24.1 Å². The average molecular weight is 334 g/mol. The van der Waals surface area contributed by atoms with Gasteiger partial charge in [-0.3, -0.25) is 0 Å². The number of halogens is 1. The smallest absolute Gasteiger partial charge is 0.243 e. The standard InChI is InChI=1S/C12H16BrNO3S/c1-9-2-5-11(8-12(9)13)18(16,17)14(6-7-15)10-3-4-10/h2,5,8,10,15H,3-4,6-7H2,1H3. The highest BCUT2D eigenvalue weighted by Gasteiger charge is 2.37. The number of rotatable bonds is 5. The van der Waals surface area contributed by atoms with Crippen LogP contribution in [0.4, 0.5) is 0 Å². The molecule has 18 heavy (non-hydrogen) atoms. The van der Waals surface area contributed by atoms with Gasteiger partial charge in [0.05, 0.1) is 11.5 Å². The largest absolute Gasteiger partial charge is 0.395 e. The van der Waals surface area contributed by atoms with Crippen LogP contribution in [0, 0.1) is 6.92 Å². The average Bonchev–Trinajstić information content (AvgIpc) is 3.13. The van der Waals surface area contributed by atoms with E-state index in [9.17, 15) is 8.42 Å². The molecule has 0 amide bonds. The molecule has 4 nitrogen and oxygen atoms in total. The van der Waals surface area contributed by atoms with Gasteiger partial charge in [0.1, 0.15) is 0 Å². The topological polar surface area (TPSA) is 57.6 Å². The first-order valence-corrected chi connectivity index (χ1v) is 8.09. The lowest BCUT2D eigenvalue weighted by atomic mass is 10.2. The van der Waals surface area contributed by atoms with Crippen molar-refractivity contribution in [2.75, 3.05) is 13.2 Å². The van der Waals surface area contributed by atoms with Gasteiger partial charge >= 0.3 is 0 Å². The van der Waals surface area contributed by atoms with E-state index < -0.39 is 10.0 Å². The maximum atomic E-state index is 12.5. The van der Waals surface area contributed by atoms with Gasteiger partial charge in [-0.25, -0.2) is 8.42 Å². The fourth-order valence-corrected chi connectivity index (χ4v) is 4.06. The normalized spacial score (nSPS) is 16.2. The molecule has 0 saturated heterocycles. The number of aliphatic hydroxyl groups excluding tert-OH is 1. The molecule has 1 fully saturated rings. The van der Waals surface area contributed by atoms with Crippen molar-refractivity contribution in [1.29, 1.82) is 0 Å². The fourth-order valence-electron chi connectivity index (χ4n) is 1.83. The molecule has 100 valence electrons. The summed E-state index contributed by atoms with van der Waals surface area (Å²) in [5.74, 6) is 0. The number of nitrogens with zero attached hydrogens (tertiary/aromatic N) is 1. The van der Waals surface area contributed by atoms with Gasteiger partial charge in [0.2, 0.25) is 10.0 Å². The summed E-state index contributed by atoms with van der Waals surface area (Å²) >= 11 is 3.35. The summed E-state index contributed by atoms with van der Waals surface area (Å²) < 4.78 is 27.1. The number of aliphatic hydroxyl groups is 1. The van der Waals surface area contributed by atoms with E-state index in [0.717, 1.165) is 22.9 Å². The van der Waals surface area contributed by atoms with E-state index in [1.807, 2.05) is 6.92 Å². The Morgan fingerprint density at radius 2 is 2.11 bits per heavy atom. The third-order valence-corrected chi connectivity index (χ3v) is 5.83. The lowest BCUT2D eigenvalue weighted by Gasteiger charge is -2.21. The van der Waals surface area contributed by atoms with Crippen molar-refractivity contribution in [2.45, 2.75) is 30.7 Å². The van der Waals surface area contributed by atoms with Crippen molar-refractivity contribution in [3.63, 3.8) is 0 Å². The molecular formula is C12H16BrNO3S. The molecule has 1 saturated carbocycles. The first-order valence-electron chi connectivity index (χ1n) is 5.85. The van der Waals surface area contributed by atoms with Crippen LogP contribution in [0.1, 0.15) is 18.4 Å². The molecule has 1 aromatic carbocycles. The fraction of sp³-hybridized carbons (Fsp3) is 0.500. The summed E-state index contributed by atoms with van der Waals surface area (Å²) in [5.41, 5.74) is 0.995. The first-order chi connectivity index (χ1) is 8.46. The second-order valence-electron chi connectivity index (χ2n) is 4.48. The van der Waals surface area contributed by atoms with Crippen molar-refractivity contribution in [2.24, 2.45) is 0 Å². The maximum absolute atomic E-state index is 12.5. The Kier molecular flexibility index (Phi) is 4.11. The first kappa shape index (κ1) is 14.0. The molecule has 0 aliphatic heterocycles. The van der Waals surface area contributed by atoms with Gasteiger partial charge in [0.15, 0.2) is 0 Å². The predicted octanol–water partition coefficient (Wildman–Crippen LogP) is 1.90. The predicted molar refractivity (Wildman–Crippen MR) is 72.9 cm³/mol. The Morgan fingerprint density at radius 1 is 1.44 bits per heavy atom. The highest BCUT2D eigenvalue weighted by atomic mass is 79.9. The zero-order chi connectivity index (χ0) is 13.3. The second kappa shape index (κ2) is 5.28. The molecule has 0 radical (unpaired) electrons. The highest BCUT2D eigenvalue weighted by molar-refractivity contribution is 9.10. The summed E-state index contributed by atoms with van der Waals surface area (Å²) in [6.07, 6.45) is 1.76. The third kappa shape index (κ3) is 2.77. The van der Waals surface area contributed by atoms with Crippen LogP contribution < -0.4 is 0 Å². The third-order valence-electron chi connectivity index (χ3n) is 3.02. The van der Waals surface area contributed by atoms with Gasteiger partial charge < -0.3 is 5.11 Å². The zero-order valence-corrected chi connectivity index (χ0v) is 12.5. The molecule has 0 aromatic heterocycles. The van der Waals surface area contributed by atoms with Crippen LogP contribution in [-0.2, 0) is 10.0 Å². The highest BCUT2D eigenvalue weighted by Crippen LogP contribution is 2.32. The van der Waals surface area contributed by atoms with E-state index in [1.165, 1.54) is 4.31 Å². The van der Waals surface area contributed by atoms with Gasteiger partial charge in [0.25, 0.3) is 0 Å². The monoisotopic (exact) mass is 333 g/mol. The van der Waals surface area contributed by atoms with E-state index >= 15 is 0 Å². The summed E-state index contributed by atoms with van der Waals surface area (Å²) in [7, 11) is -3.50. The molecular weight excluding hydrogens is 318 g/mol. The Hall–Kier alpha value is -0.430. The lowest BCUT2D eigenvalue weighted by molar-refractivity contribution is 0.250. The van der Waals surface area contributed by atoms with E-state index in [2.05, 4.69) is 15.9 Å². The number of aryl methyl sites for hydroxylation is 1. The van der Waals surface area contributed by atoms with Crippen molar-refractivity contribution in [3.05, 3.63) is 28.2 Å². The van der Waals surface area contributed by atoms with Crippen LogP contribution in [0.25, 0.3) is 0 Å². The number of benzene rings is 1. The van der Waals surface area contributed by atoms with Gasteiger partial charge in [0, 0.05) is 17.1 Å². The van der Waals surface area contributed by atoms with Gasteiger partial charge in [-0.05, 0) is 37.5 Å². The van der Waals surface area contributed by atoms with Crippen LogP contribution in [0.15, 0.2) is 27.6 Å². The van der Waals surface area contributed by atoms with Crippen molar-refractivity contribution < 1.29 is 13.5 Å². The number of hydrogen-bond donors (Lipinski definition) is 1. The van der Waals surface area contributed by atoms with E-state index in [4.69, 9.17) is 5.11 Å². The van der Waals surface area contributed by atoms with E-state index in [0.29, 0.717) is 0 Å². The second-order valence-corrected chi connectivity index (χ2v) is 7.23. The lowest BCUT2D eigenvalue weighted by Crippen LogP contribution is -2.35. The Bertz CT molecular complexity index is 540.